The van der Waals surface area contributed by atoms with Crippen LogP contribution in [-0.4, -0.2) is 35.3 Å². The molecule has 24 heavy (non-hydrogen) atoms. The van der Waals surface area contributed by atoms with Gasteiger partial charge in [-0.2, -0.15) is 0 Å². The second-order valence-electron chi connectivity index (χ2n) is 7.31. The second kappa shape index (κ2) is 6.32. The minimum atomic E-state index is -0.736. The van der Waals surface area contributed by atoms with E-state index in [9.17, 15) is 5.11 Å². The highest BCUT2D eigenvalue weighted by Gasteiger charge is 2.46. The fourth-order valence-corrected chi connectivity index (χ4v) is 4.20. The van der Waals surface area contributed by atoms with Gasteiger partial charge in [-0.3, -0.25) is 4.90 Å². The zero-order valence-electron chi connectivity index (χ0n) is 14.2. The maximum atomic E-state index is 11.3. The molecule has 0 radical (unpaired) electrons. The van der Waals surface area contributed by atoms with E-state index in [1.54, 1.807) is 0 Å². The van der Waals surface area contributed by atoms with E-state index in [0.717, 1.165) is 24.9 Å². The third-order valence-corrected chi connectivity index (χ3v) is 5.50. The molecule has 0 aromatic heterocycles. The van der Waals surface area contributed by atoms with E-state index in [1.807, 2.05) is 0 Å². The lowest BCUT2D eigenvalue weighted by atomic mass is 9.76. The molecule has 1 N–H and O–H groups in total. The van der Waals surface area contributed by atoms with E-state index in [4.69, 9.17) is 4.74 Å². The van der Waals surface area contributed by atoms with Crippen molar-refractivity contribution in [2.24, 2.45) is 0 Å². The van der Waals surface area contributed by atoms with Crippen molar-refractivity contribution in [2.45, 2.75) is 44.0 Å². The van der Waals surface area contributed by atoms with Gasteiger partial charge in [-0.05, 0) is 30.9 Å². The Morgan fingerprint density at radius 1 is 1.00 bits per heavy atom. The van der Waals surface area contributed by atoms with Crippen molar-refractivity contribution in [3.8, 4) is 0 Å². The number of benzene rings is 2. The summed E-state index contributed by atoms with van der Waals surface area (Å²) in [6, 6.07) is 19.5. The Labute approximate surface area is 143 Å². The third kappa shape index (κ3) is 3.00. The number of piperidine rings is 1. The van der Waals surface area contributed by atoms with Gasteiger partial charge in [-0.15, -0.1) is 0 Å². The van der Waals surface area contributed by atoms with Gasteiger partial charge in [-0.1, -0.05) is 60.2 Å². The number of morpholine rings is 1. The number of ether oxygens (including phenoxy) is 1. The Kier molecular flexibility index (Phi) is 4.17. The normalized spacial score (nSPS) is 30.2. The van der Waals surface area contributed by atoms with Crippen molar-refractivity contribution in [1.29, 1.82) is 0 Å². The van der Waals surface area contributed by atoms with Gasteiger partial charge in [0.05, 0.1) is 18.8 Å². The van der Waals surface area contributed by atoms with Crippen LogP contribution >= 0.6 is 0 Å². The van der Waals surface area contributed by atoms with Crippen molar-refractivity contribution in [3.63, 3.8) is 0 Å². The highest BCUT2D eigenvalue weighted by molar-refractivity contribution is 5.28. The highest BCUT2D eigenvalue weighted by atomic mass is 16.5. The molecular formula is C21H25NO2. The predicted molar refractivity (Wildman–Crippen MR) is 94.7 cm³/mol. The van der Waals surface area contributed by atoms with Crippen molar-refractivity contribution in [2.75, 3.05) is 13.2 Å². The van der Waals surface area contributed by atoms with E-state index in [2.05, 4.69) is 66.4 Å². The van der Waals surface area contributed by atoms with Crippen molar-refractivity contribution in [1.82, 2.24) is 4.90 Å². The average molecular weight is 323 g/mol. The summed E-state index contributed by atoms with van der Waals surface area (Å²) in [6.07, 6.45) is 1.47. The van der Waals surface area contributed by atoms with Crippen molar-refractivity contribution >= 4 is 0 Å². The molecular weight excluding hydrogens is 298 g/mol. The van der Waals surface area contributed by atoms with Crippen LogP contribution in [0, 0.1) is 6.92 Å². The van der Waals surface area contributed by atoms with Gasteiger partial charge in [-0.25, -0.2) is 0 Å². The third-order valence-electron chi connectivity index (χ3n) is 5.50. The molecule has 3 nitrogen and oxygen atoms in total. The zero-order chi connectivity index (χ0) is 16.6. The minimum absolute atomic E-state index is 0.268. The number of fused-ring (bicyclic) bond motifs is 2. The molecule has 2 aliphatic heterocycles. The maximum absolute atomic E-state index is 11.3. The summed E-state index contributed by atoms with van der Waals surface area (Å²) in [7, 11) is 0. The van der Waals surface area contributed by atoms with Gasteiger partial charge in [0.2, 0.25) is 0 Å². The van der Waals surface area contributed by atoms with Crippen LogP contribution in [0.3, 0.4) is 0 Å². The van der Waals surface area contributed by atoms with Crippen LogP contribution in [0.4, 0.5) is 0 Å². The molecule has 3 heteroatoms. The monoisotopic (exact) mass is 323 g/mol. The Hall–Kier alpha value is -1.68. The van der Waals surface area contributed by atoms with Gasteiger partial charge < -0.3 is 9.84 Å². The predicted octanol–water partition coefficient (Wildman–Crippen LogP) is 3.25. The number of aryl methyl sites for hydroxylation is 1. The van der Waals surface area contributed by atoms with Crippen LogP contribution in [-0.2, 0) is 16.9 Å². The van der Waals surface area contributed by atoms with Crippen LogP contribution in [0.15, 0.2) is 54.6 Å². The van der Waals surface area contributed by atoms with Crippen LogP contribution in [0.1, 0.15) is 29.5 Å². The lowest BCUT2D eigenvalue weighted by Crippen LogP contribution is -2.60. The molecule has 2 fully saturated rings. The molecule has 126 valence electrons. The fraction of sp³-hybridized carbons (Fsp3) is 0.429. The fourth-order valence-electron chi connectivity index (χ4n) is 4.20. The van der Waals surface area contributed by atoms with Crippen molar-refractivity contribution < 1.29 is 9.84 Å². The number of nitrogens with zero attached hydrogens (tertiary/aromatic N) is 1. The molecule has 2 heterocycles. The molecule has 0 saturated carbocycles. The van der Waals surface area contributed by atoms with Gasteiger partial charge in [0.15, 0.2) is 0 Å². The summed E-state index contributed by atoms with van der Waals surface area (Å²) >= 11 is 0. The quantitative estimate of drug-likeness (QED) is 0.941. The molecule has 2 aliphatic rings. The molecule has 2 unspecified atom stereocenters. The zero-order valence-corrected chi connectivity index (χ0v) is 14.2. The molecule has 0 aliphatic carbocycles. The molecule has 0 amide bonds. The number of hydrogen-bond acceptors (Lipinski definition) is 3. The van der Waals surface area contributed by atoms with Gasteiger partial charge in [0.1, 0.15) is 0 Å². The maximum Gasteiger partial charge on any atom is 0.0928 e. The van der Waals surface area contributed by atoms with Crippen LogP contribution in [0.25, 0.3) is 0 Å². The van der Waals surface area contributed by atoms with E-state index in [0.29, 0.717) is 13.2 Å². The molecule has 0 spiro atoms. The van der Waals surface area contributed by atoms with Crippen molar-refractivity contribution in [3.05, 3.63) is 71.3 Å². The summed E-state index contributed by atoms with van der Waals surface area (Å²) in [4.78, 5) is 2.53. The summed E-state index contributed by atoms with van der Waals surface area (Å²) in [5, 5.41) is 11.3. The molecule has 2 aromatic carbocycles. The Morgan fingerprint density at radius 2 is 1.62 bits per heavy atom. The van der Waals surface area contributed by atoms with E-state index in [1.165, 1.54) is 11.1 Å². The SMILES string of the molecule is Cc1ccc(C2(O)CC3COCC(C2)N3Cc2ccccc2)cc1. The topological polar surface area (TPSA) is 32.7 Å². The summed E-state index contributed by atoms with van der Waals surface area (Å²) in [6.45, 7) is 4.43. The Bertz CT molecular complexity index is 669. The lowest BCUT2D eigenvalue weighted by Gasteiger charge is -2.52. The van der Waals surface area contributed by atoms with E-state index < -0.39 is 5.60 Å². The first-order valence-corrected chi connectivity index (χ1v) is 8.81. The van der Waals surface area contributed by atoms with E-state index in [-0.39, 0.29) is 12.1 Å². The second-order valence-corrected chi connectivity index (χ2v) is 7.31. The minimum Gasteiger partial charge on any atom is -0.385 e. The number of rotatable bonds is 3. The molecule has 2 saturated heterocycles. The van der Waals surface area contributed by atoms with Gasteiger partial charge in [0, 0.05) is 18.6 Å². The largest absolute Gasteiger partial charge is 0.385 e. The molecule has 4 rings (SSSR count). The van der Waals surface area contributed by atoms with Crippen LogP contribution < -0.4 is 0 Å². The first kappa shape index (κ1) is 15.8. The number of hydrogen-bond donors (Lipinski definition) is 1. The standard InChI is InChI=1S/C21H25NO2/c1-16-7-9-18(10-8-16)21(23)11-19-14-24-15-20(12-21)22(19)13-17-5-3-2-4-6-17/h2-10,19-20,23H,11-15H2,1H3. The highest BCUT2D eigenvalue weighted by Crippen LogP contribution is 2.41. The summed E-state index contributed by atoms with van der Waals surface area (Å²) in [5.74, 6) is 0. The smallest absolute Gasteiger partial charge is 0.0928 e. The summed E-state index contributed by atoms with van der Waals surface area (Å²) < 4.78 is 5.80. The molecule has 2 bridgehead atoms. The van der Waals surface area contributed by atoms with Crippen LogP contribution in [0.5, 0.6) is 0 Å². The van der Waals surface area contributed by atoms with E-state index >= 15 is 0 Å². The Morgan fingerprint density at radius 3 is 2.25 bits per heavy atom. The summed E-state index contributed by atoms with van der Waals surface area (Å²) in [5.41, 5.74) is 2.87. The first-order chi connectivity index (χ1) is 11.6. The van der Waals surface area contributed by atoms with Gasteiger partial charge in [0.25, 0.3) is 0 Å². The van der Waals surface area contributed by atoms with Crippen LogP contribution in [0.2, 0.25) is 0 Å². The van der Waals surface area contributed by atoms with Gasteiger partial charge >= 0.3 is 0 Å². The molecule has 2 aromatic rings. The number of aliphatic hydroxyl groups is 1. The Balaban J connectivity index is 1.57. The molecule has 2 atom stereocenters. The average Bonchev–Trinajstić information content (AvgIpc) is 2.57. The lowest BCUT2D eigenvalue weighted by molar-refractivity contribution is -0.149. The first-order valence-electron chi connectivity index (χ1n) is 8.81.